The number of amides is 1. The molecule has 96 valence electrons. The first-order valence-electron chi connectivity index (χ1n) is 6.26. The second-order valence-corrected chi connectivity index (χ2v) is 3.97. The number of aliphatic hydroxyl groups excluding tert-OH is 1. The van der Waals surface area contributed by atoms with Crippen LogP contribution in [0.2, 0.25) is 0 Å². The molecular weight excluding hydrogens is 226 g/mol. The van der Waals surface area contributed by atoms with Crippen LogP contribution in [-0.4, -0.2) is 24.2 Å². The monoisotopic (exact) mass is 245 g/mol. The van der Waals surface area contributed by atoms with E-state index in [1.807, 2.05) is 12.1 Å². The third-order valence-electron chi connectivity index (χ3n) is 2.41. The van der Waals surface area contributed by atoms with E-state index < -0.39 is 0 Å². The zero-order valence-corrected chi connectivity index (χ0v) is 10.7. The highest BCUT2D eigenvalue weighted by atomic mass is 16.2. The molecule has 0 radical (unpaired) electrons. The van der Waals surface area contributed by atoms with Gasteiger partial charge < -0.3 is 10.4 Å². The highest BCUT2D eigenvalue weighted by Crippen LogP contribution is 2.04. The van der Waals surface area contributed by atoms with Crippen molar-refractivity contribution >= 4 is 5.91 Å². The Hall–Kier alpha value is -1.79. The number of benzene rings is 1. The van der Waals surface area contributed by atoms with E-state index in [1.165, 1.54) is 0 Å². The fourth-order valence-corrected chi connectivity index (χ4v) is 1.44. The van der Waals surface area contributed by atoms with Crippen molar-refractivity contribution in [2.75, 3.05) is 13.2 Å². The summed E-state index contributed by atoms with van der Waals surface area (Å²) in [5, 5.41) is 11.5. The summed E-state index contributed by atoms with van der Waals surface area (Å²) in [6.07, 6.45) is 2.50. The van der Waals surface area contributed by atoms with E-state index in [9.17, 15) is 4.79 Å². The molecule has 0 bridgehead atoms. The summed E-state index contributed by atoms with van der Waals surface area (Å²) in [6, 6.07) is 7.22. The van der Waals surface area contributed by atoms with Crippen LogP contribution in [0.25, 0.3) is 0 Å². The Balaban J connectivity index is 2.64. The van der Waals surface area contributed by atoms with Crippen LogP contribution in [-0.2, 0) is 0 Å². The van der Waals surface area contributed by atoms with Gasteiger partial charge >= 0.3 is 0 Å². The largest absolute Gasteiger partial charge is 0.395 e. The van der Waals surface area contributed by atoms with Crippen molar-refractivity contribution < 1.29 is 9.90 Å². The molecule has 3 heteroatoms. The first-order valence-corrected chi connectivity index (χ1v) is 6.26. The summed E-state index contributed by atoms with van der Waals surface area (Å²) in [6.45, 7) is 2.85. The first-order chi connectivity index (χ1) is 8.77. The average molecular weight is 245 g/mol. The quantitative estimate of drug-likeness (QED) is 0.615. The van der Waals surface area contributed by atoms with E-state index >= 15 is 0 Å². The summed E-state index contributed by atoms with van der Waals surface area (Å²) in [4.78, 5) is 11.8. The Morgan fingerprint density at radius 2 is 2.28 bits per heavy atom. The number of rotatable bonds is 5. The Morgan fingerprint density at radius 1 is 1.44 bits per heavy atom. The number of hydrogen-bond donors (Lipinski definition) is 2. The van der Waals surface area contributed by atoms with Gasteiger partial charge in [0, 0.05) is 24.1 Å². The number of hydrogen-bond acceptors (Lipinski definition) is 2. The van der Waals surface area contributed by atoms with Crippen LogP contribution in [0, 0.1) is 11.8 Å². The van der Waals surface area contributed by atoms with E-state index in [2.05, 4.69) is 24.1 Å². The molecular formula is C15H19NO2. The van der Waals surface area contributed by atoms with Crippen LogP contribution in [0.1, 0.15) is 42.1 Å². The Kier molecular flexibility index (Phi) is 6.60. The van der Waals surface area contributed by atoms with Gasteiger partial charge in [-0.25, -0.2) is 0 Å². The molecule has 0 unspecified atom stereocenters. The van der Waals surface area contributed by atoms with Gasteiger partial charge in [0.25, 0.3) is 5.91 Å². The summed E-state index contributed by atoms with van der Waals surface area (Å²) in [5.74, 6) is 5.70. The SMILES string of the molecule is CCCCNC(=O)c1cccc(C#CCCO)c1. The van der Waals surface area contributed by atoms with Crippen LogP contribution in [0.3, 0.4) is 0 Å². The number of aliphatic hydroxyl groups is 1. The molecule has 1 rings (SSSR count). The molecule has 0 heterocycles. The van der Waals surface area contributed by atoms with Gasteiger partial charge in [-0.3, -0.25) is 4.79 Å². The van der Waals surface area contributed by atoms with Gasteiger partial charge in [-0.2, -0.15) is 0 Å². The number of carbonyl (C=O) groups excluding carboxylic acids is 1. The predicted octanol–water partition coefficient (Wildman–Crippen LogP) is 1.95. The van der Waals surface area contributed by atoms with Crippen molar-refractivity contribution in [1.82, 2.24) is 5.32 Å². The summed E-state index contributed by atoms with van der Waals surface area (Å²) in [7, 11) is 0. The molecule has 2 N–H and O–H groups in total. The fourth-order valence-electron chi connectivity index (χ4n) is 1.44. The zero-order chi connectivity index (χ0) is 13.2. The van der Waals surface area contributed by atoms with E-state index in [4.69, 9.17) is 5.11 Å². The van der Waals surface area contributed by atoms with Crippen LogP contribution in [0.4, 0.5) is 0 Å². The smallest absolute Gasteiger partial charge is 0.251 e. The van der Waals surface area contributed by atoms with Crippen molar-refractivity contribution in [3.8, 4) is 11.8 Å². The third-order valence-corrected chi connectivity index (χ3v) is 2.41. The fraction of sp³-hybridized carbons (Fsp3) is 0.400. The zero-order valence-electron chi connectivity index (χ0n) is 10.7. The molecule has 0 saturated heterocycles. The number of unbranched alkanes of at least 4 members (excludes halogenated alkanes) is 1. The standard InChI is InChI=1S/C15H19NO2/c1-2-3-10-16-15(18)14-9-6-8-13(12-14)7-4-5-11-17/h6,8-9,12,17H,2-3,5,10-11H2,1H3,(H,16,18). The molecule has 0 aromatic heterocycles. The van der Waals surface area contributed by atoms with Crippen molar-refractivity contribution in [1.29, 1.82) is 0 Å². The second kappa shape index (κ2) is 8.32. The van der Waals surface area contributed by atoms with Crippen molar-refractivity contribution in [2.45, 2.75) is 26.2 Å². The molecule has 0 aliphatic heterocycles. The summed E-state index contributed by atoms with van der Waals surface area (Å²) in [5.41, 5.74) is 1.42. The van der Waals surface area contributed by atoms with Crippen LogP contribution in [0.5, 0.6) is 0 Å². The summed E-state index contributed by atoms with van der Waals surface area (Å²) >= 11 is 0. The first kappa shape index (κ1) is 14.3. The van der Waals surface area contributed by atoms with E-state index in [0.717, 1.165) is 18.4 Å². The minimum absolute atomic E-state index is 0.0597. The Morgan fingerprint density at radius 3 is 3.00 bits per heavy atom. The minimum Gasteiger partial charge on any atom is -0.395 e. The third kappa shape index (κ3) is 5.03. The van der Waals surface area contributed by atoms with E-state index in [0.29, 0.717) is 18.5 Å². The minimum atomic E-state index is -0.0609. The van der Waals surface area contributed by atoms with Crippen LogP contribution in [0.15, 0.2) is 24.3 Å². The van der Waals surface area contributed by atoms with Crippen molar-refractivity contribution in [2.24, 2.45) is 0 Å². The molecule has 18 heavy (non-hydrogen) atoms. The number of nitrogens with one attached hydrogen (secondary N) is 1. The molecule has 0 atom stereocenters. The maximum Gasteiger partial charge on any atom is 0.251 e. The van der Waals surface area contributed by atoms with Gasteiger partial charge in [0.1, 0.15) is 0 Å². The molecule has 1 amide bonds. The molecule has 0 saturated carbocycles. The highest BCUT2D eigenvalue weighted by molar-refractivity contribution is 5.94. The topological polar surface area (TPSA) is 49.3 Å². The molecule has 0 aliphatic carbocycles. The molecule has 3 nitrogen and oxygen atoms in total. The molecule has 0 aliphatic rings. The van der Waals surface area contributed by atoms with Gasteiger partial charge in [0.15, 0.2) is 0 Å². The lowest BCUT2D eigenvalue weighted by Gasteiger charge is -2.04. The average Bonchev–Trinajstić information content (AvgIpc) is 2.39. The van der Waals surface area contributed by atoms with Gasteiger partial charge in [0.2, 0.25) is 0 Å². The van der Waals surface area contributed by atoms with Crippen molar-refractivity contribution in [3.05, 3.63) is 35.4 Å². The maximum absolute atomic E-state index is 11.8. The lowest BCUT2D eigenvalue weighted by atomic mass is 10.1. The highest BCUT2D eigenvalue weighted by Gasteiger charge is 2.04. The lowest BCUT2D eigenvalue weighted by molar-refractivity contribution is 0.0953. The molecule has 0 spiro atoms. The van der Waals surface area contributed by atoms with Gasteiger partial charge in [0.05, 0.1) is 6.61 Å². The predicted molar refractivity (Wildman–Crippen MR) is 72.3 cm³/mol. The Labute approximate surface area is 108 Å². The lowest BCUT2D eigenvalue weighted by Crippen LogP contribution is -2.24. The molecule has 1 aromatic carbocycles. The number of carbonyl (C=O) groups is 1. The van der Waals surface area contributed by atoms with E-state index in [-0.39, 0.29) is 12.5 Å². The van der Waals surface area contributed by atoms with Crippen LogP contribution >= 0.6 is 0 Å². The van der Waals surface area contributed by atoms with E-state index in [1.54, 1.807) is 12.1 Å². The molecule has 0 fully saturated rings. The van der Waals surface area contributed by atoms with Crippen LogP contribution < -0.4 is 5.32 Å². The Bertz CT molecular complexity index is 443. The normalized spacial score (nSPS) is 9.44. The van der Waals surface area contributed by atoms with Crippen molar-refractivity contribution in [3.63, 3.8) is 0 Å². The second-order valence-electron chi connectivity index (χ2n) is 3.97. The van der Waals surface area contributed by atoms with Gasteiger partial charge in [-0.05, 0) is 24.6 Å². The summed E-state index contributed by atoms with van der Waals surface area (Å²) < 4.78 is 0. The van der Waals surface area contributed by atoms with Gasteiger partial charge in [-0.15, -0.1) is 0 Å². The van der Waals surface area contributed by atoms with Gasteiger partial charge in [-0.1, -0.05) is 31.3 Å². The molecule has 1 aromatic rings. The maximum atomic E-state index is 11.8.